The van der Waals surface area contributed by atoms with E-state index >= 15 is 0 Å². The van der Waals surface area contributed by atoms with Gasteiger partial charge in [0.15, 0.2) is 5.17 Å². The third-order valence-corrected chi connectivity index (χ3v) is 6.79. The molecule has 0 aromatic heterocycles. The van der Waals surface area contributed by atoms with E-state index in [4.69, 9.17) is 32.9 Å². The lowest BCUT2D eigenvalue weighted by atomic mass is 10.1. The van der Waals surface area contributed by atoms with Gasteiger partial charge >= 0.3 is 0 Å². The molecule has 0 N–H and O–H groups in total. The Hall–Kier alpha value is -2.73. The number of hydrogen-bond donors (Lipinski definition) is 0. The third kappa shape index (κ3) is 5.66. The van der Waals surface area contributed by atoms with Crippen molar-refractivity contribution in [2.75, 3.05) is 0 Å². The van der Waals surface area contributed by atoms with Gasteiger partial charge < -0.3 is 4.74 Å². The second-order valence-corrected chi connectivity index (χ2v) is 10.0. The molecule has 1 amide bonds. The molecule has 0 saturated carbocycles. The van der Waals surface area contributed by atoms with Crippen LogP contribution in [0.4, 0.5) is 5.69 Å². The highest BCUT2D eigenvalue weighted by molar-refractivity contribution is 8.18. The molecule has 1 aliphatic heterocycles. The summed E-state index contributed by atoms with van der Waals surface area (Å²) in [6, 6.07) is 20.9. The lowest BCUT2D eigenvalue weighted by Gasteiger charge is -2.19. The first-order valence-corrected chi connectivity index (χ1v) is 12.4. The fourth-order valence-electron chi connectivity index (χ4n) is 3.42. The van der Waals surface area contributed by atoms with Crippen molar-refractivity contribution in [3.63, 3.8) is 0 Å². The second kappa shape index (κ2) is 10.7. The van der Waals surface area contributed by atoms with E-state index in [9.17, 15) is 4.79 Å². The summed E-state index contributed by atoms with van der Waals surface area (Å²) in [5.74, 6) is 0.593. The predicted molar refractivity (Wildman–Crippen MR) is 143 cm³/mol. The van der Waals surface area contributed by atoms with Crippen LogP contribution in [0.5, 0.6) is 5.75 Å². The Kier molecular flexibility index (Phi) is 7.67. The van der Waals surface area contributed by atoms with Crippen molar-refractivity contribution < 1.29 is 9.53 Å². The minimum Gasteiger partial charge on any atom is -0.488 e. The summed E-state index contributed by atoms with van der Waals surface area (Å²) < 4.78 is 6.06. The molecule has 174 valence electrons. The van der Waals surface area contributed by atoms with Gasteiger partial charge in [0.1, 0.15) is 12.4 Å². The molecule has 0 spiro atoms. The number of carbonyl (C=O) groups excluding carboxylic acids is 1. The minimum absolute atomic E-state index is 0.0198. The number of halogens is 2. The van der Waals surface area contributed by atoms with Gasteiger partial charge in [-0.05, 0) is 68.9 Å². The second-order valence-electron chi connectivity index (χ2n) is 8.17. The fourth-order valence-corrected chi connectivity index (χ4v) is 4.99. The SMILES string of the molecule is Cc1ccc(N=C2S/C(=C/c3ccccc3OCc3ccc(Cl)cc3Cl)C(=O)N2C(C)C)cc1. The van der Waals surface area contributed by atoms with E-state index in [1.54, 1.807) is 17.0 Å². The zero-order valence-corrected chi connectivity index (χ0v) is 21.4. The van der Waals surface area contributed by atoms with Gasteiger partial charge in [0, 0.05) is 27.2 Å². The van der Waals surface area contributed by atoms with Crippen LogP contribution in [0.3, 0.4) is 0 Å². The van der Waals surface area contributed by atoms with E-state index in [1.165, 1.54) is 11.8 Å². The number of aliphatic imine (C=N–C) groups is 1. The molecule has 1 fully saturated rings. The molecule has 34 heavy (non-hydrogen) atoms. The summed E-state index contributed by atoms with van der Waals surface area (Å²) in [5, 5.41) is 1.80. The molecule has 0 atom stereocenters. The smallest absolute Gasteiger partial charge is 0.266 e. The zero-order valence-electron chi connectivity index (χ0n) is 19.1. The third-order valence-electron chi connectivity index (χ3n) is 5.22. The maximum absolute atomic E-state index is 13.3. The number of ether oxygens (including phenoxy) is 1. The Morgan fingerprint density at radius 2 is 1.79 bits per heavy atom. The molecule has 3 aromatic carbocycles. The fraction of sp³-hybridized carbons (Fsp3) is 0.185. The normalized spacial score (nSPS) is 16.2. The highest BCUT2D eigenvalue weighted by Crippen LogP contribution is 2.37. The molecule has 0 aliphatic carbocycles. The van der Waals surface area contributed by atoms with Crippen LogP contribution < -0.4 is 4.74 Å². The maximum atomic E-state index is 13.3. The Morgan fingerprint density at radius 1 is 1.06 bits per heavy atom. The maximum Gasteiger partial charge on any atom is 0.266 e. The molecule has 0 radical (unpaired) electrons. The molecule has 1 saturated heterocycles. The van der Waals surface area contributed by atoms with Crippen molar-refractivity contribution in [2.24, 2.45) is 4.99 Å². The number of hydrogen-bond acceptors (Lipinski definition) is 4. The Morgan fingerprint density at radius 3 is 2.50 bits per heavy atom. The first kappa shape index (κ1) is 24.4. The van der Waals surface area contributed by atoms with Gasteiger partial charge in [-0.15, -0.1) is 0 Å². The molecule has 1 heterocycles. The van der Waals surface area contributed by atoms with E-state index in [0.717, 1.165) is 22.4 Å². The Bertz CT molecular complexity index is 1270. The topological polar surface area (TPSA) is 41.9 Å². The molecular weight excluding hydrogens is 487 g/mol. The quantitative estimate of drug-likeness (QED) is 0.316. The summed E-state index contributed by atoms with van der Waals surface area (Å²) >= 11 is 13.6. The van der Waals surface area contributed by atoms with Gasteiger partial charge in [-0.1, -0.05) is 65.2 Å². The van der Waals surface area contributed by atoms with Crippen molar-refractivity contribution >= 4 is 57.8 Å². The zero-order chi connectivity index (χ0) is 24.2. The van der Waals surface area contributed by atoms with Gasteiger partial charge in [-0.2, -0.15) is 0 Å². The van der Waals surface area contributed by atoms with Crippen LogP contribution in [0.1, 0.15) is 30.5 Å². The van der Waals surface area contributed by atoms with Gasteiger partial charge in [0.05, 0.1) is 10.6 Å². The number of rotatable bonds is 6. The summed E-state index contributed by atoms with van der Waals surface area (Å²) in [6.45, 7) is 6.29. The van der Waals surface area contributed by atoms with Crippen molar-refractivity contribution in [3.8, 4) is 5.75 Å². The lowest BCUT2D eigenvalue weighted by molar-refractivity contribution is -0.123. The molecular formula is C27H24Cl2N2O2S. The van der Waals surface area contributed by atoms with Crippen LogP contribution in [-0.2, 0) is 11.4 Å². The highest BCUT2D eigenvalue weighted by Gasteiger charge is 2.35. The van der Waals surface area contributed by atoms with Gasteiger partial charge in [-0.3, -0.25) is 9.69 Å². The molecule has 0 bridgehead atoms. The molecule has 7 heteroatoms. The predicted octanol–water partition coefficient (Wildman–Crippen LogP) is 7.89. The van der Waals surface area contributed by atoms with Crippen LogP contribution in [0.25, 0.3) is 6.08 Å². The average Bonchev–Trinajstić information content (AvgIpc) is 3.10. The summed E-state index contributed by atoms with van der Waals surface area (Å²) in [5.41, 5.74) is 3.62. The van der Waals surface area contributed by atoms with Gasteiger partial charge in [-0.25, -0.2) is 4.99 Å². The van der Waals surface area contributed by atoms with Crippen molar-refractivity contribution in [2.45, 2.75) is 33.4 Å². The number of amides is 1. The minimum atomic E-state index is -0.0681. The lowest BCUT2D eigenvalue weighted by Crippen LogP contribution is -2.35. The van der Waals surface area contributed by atoms with Crippen molar-refractivity contribution in [1.29, 1.82) is 0 Å². The van der Waals surface area contributed by atoms with Crippen molar-refractivity contribution in [3.05, 3.63) is 98.4 Å². The van der Waals surface area contributed by atoms with E-state index < -0.39 is 0 Å². The van der Waals surface area contributed by atoms with Crippen LogP contribution in [0, 0.1) is 6.92 Å². The number of nitrogens with zero attached hydrogens (tertiary/aromatic N) is 2. The Labute approximate surface area is 214 Å². The first-order valence-electron chi connectivity index (χ1n) is 10.9. The van der Waals surface area contributed by atoms with E-state index in [0.29, 0.717) is 25.9 Å². The first-order chi connectivity index (χ1) is 16.3. The number of thioether (sulfide) groups is 1. The van der Waals surface area contributed by atoms with Crippen LogP contribution >= 0.6 is 35.0 Å². The van der Waals surface area contributed by atoms with Gasteiger partial charge in [0.25, 0.3) is 5.91 Å². The Balaban J connectivity index is 1.61. The summed E-state index contributed by atoms with van der Waals surface area (Å²) in [4.78, 5) is 20.3. The van der Waals surface area contributed by atoms with Crippen LogP contribution in [0.2, 0.25) is 10.0 Å². The van der Waals surface area contributed by atoms with E-state index in [-0.39, 0.29) is 18.6 Å². The monoisotopic (exact) mass is 510 g/mol. The molecule has 1 aliphatic rings. The molecule has 4 rings (SSSR count). The van der Waals surface area contributed by atoms with E-state index in [2.05, 4.69) is 0 Å². The number of benzene rings is 3. The van der Waals surface area contributed by atoms with Crippen molar-refractivity contribution in [1.82, 2.24) is 4.90 Å². The van der Waals surface area contributed by atoms with Gasteiger partial charge in [0.2, 0.25) is 0 Å². The molecule has 3 aromatic rings. The van der Waals surface area contributed by atoms with Crippen LogP contribution in [0.15, 0.2) is 76.6 Å². The molecule has 0 unspecified atom stereocenters. The molecule has 4 nitrogen and oxygen atoms in total. The standard InChI is InChI=1S/C27H24Cl2N2O2S/c1-17(2)31-26(32)25(34-27(31)30-22-12-8-18(3)9-13-22)14-19-6-4-5-7-24(19)33-16-20-10-11-21(28)15-23(20)29/h4-15,17H,16H2,1-3H3/b25-14+,30-27?. The average molecular weight is 511 g/mol. The highest BCUT2D eigenvalue weighted by atomic mass is 35.5. The summed E-state index contributed by atoms with van der Waals surface area (Å²) in [6.07, 6.45) is 1.86. The number of para-hydroxylation sites is 1. The largest absolute Gasteiger partial charge is 0.488 e. The van der Waals surface area contributed by atoms with Crippen LogP contribution in [-0.4, -0.2) is 22.0 Å². The number of amidine groups is 1. The van der Waals surface area contributed by atoms with E-state index in [1.807, 2.05) is 81.4 Å². The number of carbonyl (C=O) groups is 1. The summed E-state index contributed by atoms with van der Waals surface area (Å²) in [7, 11) is 0. The number of aryl methyl sites for hydroxylation is 1.